The number of methoxy groups -OCH3 is 1. The van der Waals surface area contributed by atoms with Crippen molar-refractivity contribution >= 4 is 21.6 Å². The van der Waals surface area contributed by atoms with Gasteiger partial charge < -0.3 is 19.5 Å². The Morgan fingerprint density at radius 3 is 2.90 bits per heavy atom. The highest BCUT2D eigenvalue weighted by Gasteiger charge is 2.15. The predicted molar refractivity (Wildman–Crippen MR) is 85.5 cm³/mol. The summed E-state index contributed by atoms with van der Waals surface area (Å²) in [6.07, 6.45) is 0. The van der Waals surface area contributed by atoms with Crippen molar-refractivity contribution in [1.29, 1.82) is 0 Å². The van der Waals surface area contributed by atoms with E-state index in [4.69, 9.17) is 14.2 Å². The van der Waals surface area contributed by atoms with E-state index in [-0.39, 0.29) is 0 Å². The van der Waals surface area contributed by atoms with E-state index in [1.165, 1.54) is 0 Å². The molecule has 1 heterocycles. The van der Waals surface area contributed by atoms with E-state index >= 15 is 0 Å². The Morgan fingerprint density at radius 2 is 2.05 bits per heavy atom. The van der Waals surface area contributed by atoms with Crippen LogP contribution in [0, 0.1) is 0 Å². The van der Waals surface area contributed by atoms with Crippen LogP contribution >= 0.6 is 15.9 Å². The van der Waals surface area contributed by atoms with Crippen LogP contribution < -0.4 is 19.5 Å². The van der Waals surface area contributed by atoms with Gasteiger partial charge in [0.05, 0.1) is 12.8 Å². The Kier molecular flexibility index (Phi) is 4.20. The van der Waals surface area contributed by atoms with Crippen LogP contribution in [-0.4, -0.2) is 20.3 Å². The lowest BCUT2D eigenvalue weighted by atomic mass is 10.1. The maximum atomic E-state index is 5.72. The van der Waals surface area contributed by atoms with Gasteiger partial charge in [-0.3, -0.25) is 0 Å². The Bertz CT molecular complexity index is 645. The summed E-state index contributed by atoms with van der Waals surface area (Å²) in [6, 6.07) is 11.8. The quantitative estimate of drug-likeness (QED) is 0.910. The zero-order valence-corrected chi connectivity index (χ0v) is 13.3. The standard InChI is InChI=1S/C16H16BrNO3/c1-19-14-6-5-12(17)9-13(14)18-10-11-3-2-4-15-16(11)21-8-7-20-15/h2-6,9,18H,7-8,10H2,1H3. The highest BCUT2D eigenvalue weighted by atomic mass is 79.9. The molecule has 110 valence electrons. The Hall–Kier alpha value is -1.88. The van der Waals surface area contributed by atoms with Crippen molar-refractivity contribution in [2.75, 3.05) is 25.6 Å². The Morgan fingerprint density at radius 1 is 1.19 bits per heavy atom. The summed E-state index contributed by atoms with van der Waals surface area (Å²) in [5.74, 6) is 2.44. The molecule has 0 saturated carbocycles. The van der Waals surface area contributed by atoms with Crippen molar-refractivity contribution in [2.24, 2.45) is 0 Å². The number of hydrogen-bond donors (Lipinski definition) is 1. The lowest BCUT2D eigenvalue weighted by molar-refractivity contribution is 0.170. The fraction of sp³-hybridized carbons (Fsp3) is 0.250. The molecule has 0 aromatic heterocycles. The van der Waals surface area contributed by atoms with Crippen molar-refractivity contribution in [3.63, 3.8) is 0 Å². The third kappa shape index (κ3) is 3.08. The van der Waals surface area contributed by atoms with Gasteiger partial charge in [-0.05, 0) is 24.3 Å². The summed E-state index contributed by atoms with van der Waals surface area (Å²) >= 11 is 3.47. The van der Waals surface area contributed by atoms with E-state index in [1.807, 2.05) is 36.4 Å². The first kappa shape index (κ1) is 14.1. The van der Waals surface area contributed by atoms with Crippen LogP contribution in [0.4, 0.5) is 5.69 Å². The maximum absolute atomic E-state index is 5.72. The molecule has 0 bridgehead atoms. The van der Waals surface area contributed by atoms with Gasteiger partial charge in [-0.25, -0.2) is 0 Å². The molecule has 5 heteroatoms. The number of ether oxygens (including phenoxy) is 3. The molecule has 0 aliphatic carbocycles. The normalized spacial score (nSPS) is 12.9. The molecule has 0 radical (unpaired) electrons. The summed E-state index contributed by atoms with van der Waals surface area (Å²) in [4.78, 5) is 0. The van der Waals surface area contributed by atoms with Crippen LogP contribution in [0.5, 0.6) is 17.2 Å². The number of hydrogen-bond acceptors (Lipinski definition) is 4. The number of halogens is 1. The second-order valence-corrected chi connectivity index (χ2v) is 5.56. The zero-order valence-electron chi connectivity index (χ0n) is 11.7. The summed E-state index contributed by atoms with van der Waals surface area (Å²) in [5, 5.41) is 3.38. The second kappa shape index (κ2) is 6.26. The summed E-state index contributed by atoms with van der Waals surface area (Å²) in [5.41, 5.74) is 2.00. The monoisotopic (exact) mass is 349 g/mol. The Labute approximate surface area is 132 Å². The molecule has 3 rings (SSSR count). The highest BCUT2D eigenvalue weighted by Crippen LogP contribution is 2.35. The lowest BCUT2D eigenvalue weighted by Gasteiger charge is -2.21. The van der Waals surface area contributed by atoms with Crippen LogP contribution in [0.3, 0.4) is 0 Å². The van der Waals surface area contributed by atoms with E-state index in [0.29, 0.717) is 19.8 Å². The average Bonchev–Trinajstić information content (AvgIpc) is 2.53. The largest absolute Gasteiger partial charge is 0.495 e. The molecule has 0 atom stereocenters. The van der Waals surface area contributed by atoms with Gasteiger partial charge in [-0.1, -0.05) is 28.1 Å². The lowest BCUT2D eigenvalue weighted by Crippen LogP contribution is -2.17. The van der Waals surface area contributed by atoms with Gasteiger partial charge in [0, 0.05) is 16.6 Å². The number of anilines is 1. The summed E-state index contributed by atoms with van der Waals surface area (Å²) < 4.78 is 17.7. The van der Waals surface area contributed by atoms with Gasteiger partial charge in [0.2, 0.25) is 0 Å². The minimum Gasteiger partial charge on any atom is -0.495 e. The molecule has 2 aromatic carbocycles. The first-order valence-electron chi connectivity index (χ1n) is 6.73. The van der Waals surface area contributed by atoms with Crippen LogP contribution in [0.1, 0.15) is 5.56 Å². The van der Waals surface area contributed by atoms with Gasteiger partial charge >= 0.3 is 0 Å². The van der Waals surface area contributed by atoms with Crippen molar-refractivity contribution in [3.05, 3.63) is 46.4 Å². The van der Waals surface area contributed by atoms with E-state index in [0.717, 1.165) is 33.0 Å². The molecular formula is C16H16BrNO3. The molecule has 1 aliphatic rings. The molecule has 2 aromatic rings. The highest BCUT2D eigenvalue weighted by molar-refractivity contribution is 9.10. The third-order valence-electron chi connectivity index (χ3n) is 3.28. The minimum atomic E-state index is 0.588. The fourth-order valence-electron chi connectivity index (χ4n) is 2.28. The summed E-state index contributed by atoms with van der Waals surface area (Å²) in [7, 11) is 1.66. The number of fused-ring (bicyclic) bond motifs is 1. The smallest absolute Gasteiger partial charge is 0.166 e. The molecule has 21 heavy (non-hydrogen) atoms. The molecule has 0 unspecified atom stereocenters. The van der Waals surface area contributed by atoms with Crippen molar-refractivity contribution in [3.8, 4) is 17.2 Å². The molecule has 1 aliphatic heterocycles. The van der Waals surface area contributed by atoms with Crippen molar-refractivity contribution in [2.45, 2.75) is 6.54 Å². The van der Waals surface area contributed by atoms with Gasteiger partial charge in [-0.2, -0.15) is 0 Å². The number of rotatable bonds is 4. The first-order valence-corrected chi connectivity index (χ1v) is 7.52. The fourth-order valence-corrected chi connectivity index (χ4v) is 2.64. The summed E-state index contributed by atoms with van der Waals surface area (Å²) in [6.45, 7) is 1.83. The molecule has 1 N–H and O–H groups in total. The Balaban J connectivity index is 1.81. The topological polar surface area (TPSA) is 39.7 Å². The zero-order chi connectivity index (χ0) is 14.7. The van der Waals surface area contributed by atoms with Gasteiger partial charge in [0.25, 0.3) is 0 Å². The number of benzene rings is 2. The van der Waals surface area contributed by atoms with Crippen LogP contribution in [0.25, 0.3) is 0 Å². The van der Waals surface area contributed by atoms with E-state index in [2.05, 4.69) is 21.2 Å². The molecule has 0 fully saturated rings. The molecule has 0 saturated heterocycles. The van der Waals surface area contributed by atoms with E-state index in [1.54, 1.807) is 7.11 Å². The van der Waals surface area contributed by atoms with Crippen molar-refractivity contribution < 1.29 is 14.2 Å². The number of nitrogens with one attached hydrogen (secondary N) is 1. The average molecular weight is 350 g/mol. The third-order valence-corrected chi connectivity index (χ3v) is 3.77. The molecule has 0 amide bonds. The van der Waals surface area contributed by atoms with Gasteiger partial charge in [0.15, 0.2) is 11.5 Å². The van der Waals surface area contributed by atoms with Crippen LogP contribution in [0.15, 0.2) is 40.9 Å². The first-order chi connectivity index (χ1) is 10.3. The van der Waals surface area contributed by atoms with E-state index < -0.39 is 0 Å². The van der Waals surface area contributed by atoms with Gasteiger partial charge in [0.1, 0.15) is 19.0 Å². The molecule has 0 spiro atoms. The van der Waals surface area contributed by atoms with Crippen LogP contribution in [0.2, 0.25) is 0 Å². The maximum Gasteiger partial charge on any atom is 0.166 e. The number of para-hydroxylation sites is 1. The second-order valence-electron chi connectivity index (χ2n) is 4.64. The van der Waals surface area contributed by atoms with Crippen molar-refractivity contribution in [1.82, 2.24) is 0 Å². The van der Waals surface area contributed by atoms with E-state index in [9.17, 15) is 0 Å². The predicted octanol–water partition coefficient (Wildman–Crippen LogP) is 3.84. The van der Waals surface area contributed by atoms with Gasteiger partial charge in [-0.15, -0.1) is 0 Å². The van der Waals surface area contributed by atoms with Crippen LogP contribution in [-0.2, 0) is 6.54 Å². The SMILES string of the molecule is COc1ccc(Br)cc1NCc1cccc2c1OCCO2. The molecule has 4 nitrogen and oxygen atoms in total. The molecular weight excluding hydrogens is 334 g/mol. The minimum absolute atomic E-state index is 0.588.